The van der Waals surface area contributed by atoms with Crippen LogP contribution >= 0.6 is 0 Å². The number of benzene rings is 1. The van der Waals surface area contributed by atoms with Gasteiger partial charge in [-0.1, -0.05) is 13.8 Å². The first-order valence-electron chi connectivity index (χ1n) is 7.65. The van der Waals surface area contributed by atoms with E-state index in [4.69, 9.17) is 4.74 Å². The zero-order chi connectivity index (χ0) is 19.4. The van der Waals surface area contributed by atoms with E-state index in [2.05, 4.69) is 5.32 Å². The Balaban J connectivity index is 3.22. The molecule has 0 heterocycles. The minimum absolute atomic E-state index is 0.0382. The van der Waals surface area contributed by atoms with Crippen molar-refractivity contribution >= 4 is 21.9 Å². The maximum Gasteiger partial charge on any atom is 0.326 e. The molecule has 0 aliphatic carbocycles. The Hall–Kier alpha value is -2.13. The summed E-state index contributed by atoms with van der Waals surface area (Å²) in [6.45, 7) is 3.69. The Morgan fingerprint density at radius 2 is 1.88 bits per heavy atom. The van der Waals surface area contributed by atoms with Crippen LogP contribution in [0.25, 0.3) is 0 Å². The number of aliphatic carboxylic acids is 1. The number of carboxylic acid groups (broad SMARTS) is 1. The van der Waals surface area contributed by atoms with Gasteiger partial charge in [0.25, 0.3) is 5.91 Å². The molecule has 0 radical (unpaired) electrons. The molecule has 1 rings (SSSR count). The van der Waals surface area contributed by atoms with E-state index in [0.29, 0.717) is 0 Å². The van der Waals surface area contributed by atoms with Gasteiger partial charge in [-0.25, -0.2) is 17.5 Å². The Morgan fingerprint density at radius 1 is 1.28 bits per heavy atom. The fourth-order valence-corrected chi connectivity index (χ4v) is 3.23. The van der Waals surface area contributed by atoms with E-state index in [1.54, 1.807) is 0 Å². The molecular formula is C16H24N2O6S. The van der Waals surface area contributed by atoms with Gasteiger partial charge in [-0.15, -0.1) is 0 Å². The van der Waals surface area contributed by atoms with Crippen molar-refractivity contribution in [1.82, 2.24) is 9.62 Å². The average molecular weight is 372 g/mol. The molecule has 1 amide bonds. The maximum absolute atomic E-state index is 12.4. The summed E-state index contributed by atoms with van der Waals surface area (Å²) in [7, 11) is 0.230. The largest absolute Gasteiger partial charge is 0.495 e. The molecule has 1 unspecified atom stereocenters. The number of nitrogens with one attached hydrogen (secondary N) is 1. The number of carbonyl (C=O) groups excluding carboxylic acids is 1. The highest BCUT2D eigenvalue weighted by Crippen LogP contribution is 2.27. The second kappa shape index (κ2) is 8.30. The molecule has 2 N–H and O–H groups in total. The summed E-state index contributed by atoms with van der Waals surface area (Å²) in [5, 5.41) is 11.6. The molecule has 0 aliphatic rings. The predicted molar refractivity (Wildman–Crippen MR) is 92.2 cm³/mol. The number of rotatable bonds is 8. The molecule has 0 aromatic heterocycles. The predicted octanol–water partition coefficient (Wildman–Crippen LogP) is 1.17. The molecule has 0 fully saturated rings. The summed E-state index contributed by atoms with van der Waals surface area (Å²) in [5.41, 5.74) is 0.0382. The van der Waals surface area contributed by atoms with Crippen LogP contribution in [0.5, 0.6) is 5.75 Å². The van der Waals surface area contributed by atoms with E-state index in [0.717, 1.165) is 4.31 Å². The zero-order valence-corrected chi connectivity index (χ0v) is 15.8. The topological polar surface area (TPSA) is 113 Å². The van der Waals surface area contributed by atoms with Crippen LogP contribution in [0.2, 0.25) is 0 Å². The van der Waals surface area contributed by atoms with Crippen LogP contribution < -0.4 is 10.1 Å². The summed E-state index contributed by atoms with van der Waals surface area (Å²) in [5.74, 6) is -1.63. The number of amides is 1. The lowest BCUT2D eigenvalue weighted by Crippen LogP contribution is -2.41. The molecule has 9 heteroatoms. The van der Waals surface area contributed by atoms with Crippen LogP contribution in [0, 0.1) is 5.92 Å². The number of nitrogens with zero attached hydrogens (tertiary/aromatic N) is 1. The highest BCUT2D eigenvalue weighted by Gasteiger charge is 2.26. The normalized spacial score (nSPS) is 12.9. The summed E-state index contributed by atoms with van der Waals surface area (Å²) >= 11 is 0. The van der Waals surface area contributed by atoms with Gasteiger partial charge in [0, 0.05) is 19.7 Å². The van der Waals surface area contributed by atoms with E-state index in [1.165, 1.54) is 39.4 Å². The molecule has 8 nitrogen and oxygen atoms in total. The average Bonchev–Trinajstić information content (AvgIpc) is 2.52. The molecule has 140 valence electrons. The Labute approximate surface area is 147 Å². The number of ether oxygens (including phenoxy) is 1. The van der Waals surface area contributed by atoms with E-state index in [9.17, 15) is 23.1 Å². The number of carboxylic acids is 1. The van der Waals surface area contributed by atoms with Gasteiger partial charge in [-0.05, 0) is 30.5 Å². The molecule has 1 aromatic rings. The van der Waals surface area contributed by atoms with Crippen molar-refractivity contribution in [2.75, 3.05) is 21.2 Å². The lowest BCUT2D eigenvalue weighted by atomic mass is 10.0. The standard InChI is InChI=1S/C16H24N2O6S/c1-10(2)8-12(16(20)21)17-15(19)11-6-7-13(24-5)14(9-11)25(22,23)18(3)4/h6-7,9-10,12H,8H2,1-5H3,(H,17,19)(H,20,21). The van der Waals surface area contributed by atoms with Gasteiger partial charge < -0.3 is 15.2 Å². The van der Waals surface area contributed by atoms with Gasteiger partial charge in [0.15, 0.2) is 0 Å². The van der Waals surface area contributed by atoms with Crippen molar-refractivity contribution < 1.29 is 27.9 Å². The van der Waals surface area contributed by atoms with Crippen molar-refractivity contribution in [1.29, 1.82) is 0 Å². The maximum atomic E-state index is 12.4. The first-order valence-corrected chi connectivity index (χ1v) is 9.09. The number of sulfonamides is 1. The highest BCUT2D eigenvalue weighted by atomic mass is 32.2. The first-order chi connectivity index (χ1) is 11.5. The second-order valence-corrected chi connectivity index (χ2v) is 8.27. The quantitative estimate of drug-likeness (QED) is 0.708. The van der Waals surface area contributed by atoms with Gasteiger partial charge >= 0.3 is 5.97 Å². The van der Waals surface area contributed by atoms with Gasteiger partial charge in [0.05, 0.1) is 7.11 Å². The van der Waals surface area contributed by atoms with Crippen molar-refractivity contribution in [3.8, 4) is 5.75 Å². The molecule has 0 spiro atoms. The van der Waals surface area contributed by atoms with Crippen molar-refractivity contribution in [3.05, 3.63) is 23.8 Å². The SMILES string of the molecule is COc1ccc(C(=O)NC(CC(C)C)C(=O)O)cc1S(=O)(=O)N(C)C. The van der Waals surface area contributed by atoms with Crippen molar-refractivity contribution in [2.24, 2.45) is 5.92 Å². The van der Waals surface area contributed by atoms with Crippen molar-refractivity contribution in [3.63, 3.8) is 0 Å². The van der Waals surface area contributed by atoms with Gasteiger partial charge in [-0.3, -0.25) is 4.79 Å². The van der Waals surface area contributed by atoms with Crippen LogP contribution in [-0.4, -0.2) is 57.0 Å². The molecule has 1 aromatic carbocycles. The lowest BCUT2D eigenvalue weighted by Gasteiger charge is -2.18. The van der Waals surface area contributed by atoms with Gasteiger partial charge in [-0.2, -0.15) is 0 Å². The van der Waals surface area contributed by atoms with E-state index >= 15 is 0 Å². The van der Waals surface area contributed by atoms with E-state index in [-0.39, 0.29) is 28.5 Å². The second-order valence-electron chi connectivity index (χ2n) is 6.15. The third-order valence-corrected chi connectivity index (χ3v) is 5.33. The van der Waals surface area contributed by atoms with E-state index in [1.807, 2.05) is 13.8 Å². The molecule has 0 saturated carbocycles. The fraction of sp³-hybridized carbons (Fsp3) is 0.500. The highest BCUT2D eigenvalue weighted by molar-refractivity contribution is 7.89. The summed E-state index contributed by atoms with van der Waals surface area (Å²) in [6, 6.07) is 2.88. The molecule has 25 heavy (non-hydrogen) atoms. The monoisotopic (exact) mass is 372 g/mol. The third-order valence-electron chi connectivity index (χ3n) is 3.49. The molecule has 0 aliphatic heterocycles. The summed E-state index contributed by atoms with van der Waals surface area (Å²) < 4.78 is 30.8. The molecular weight excluding hydrogens is 348 g/mol. The summed E-state index contributed by atoms with van der Waals surface area (Å²) in [4.78, 5) is 23.5. The number of hydrogen-bond acceptors (Lipinski definition) is 5. The smallest absolute Gasteiger partial charge is 0.326 e. The lowest BCUT2D eigenvalue weighted by molar-refractivity contribution is -0.139. The summed E-state index contributed by atoms with van der Waals surface area (Å²) in [6.07, 6.45) is 0.264. The Kier molecular flexibility index (Phi) is 6.95. The Morgan fingerprint density at radius 3 is 2.32 bits per heavy atom. The third kappa shape index (κ3) is 5.17. The van der Waals surface area contributed by atoms with Crippen LogP contribution in [0.3, 0.4) is 0 Å². The molecule has 0 bridgehead atoms. The van der Waals surface area contributed by atoms with Gasteiger partial charge in [0.1, 0.15) is 16.7 Å². The Bertz CT molecular complexity index is 743. The number of hydrogen-bond donors (Lipinski definition) is 2. The molecule has 1 atom stereocenters. The zero-order valence-electron chi connectivity index (χ0n) is 14.9. The molecule has 0 saturated heterocycles. The fourth-order valence-electron chi connectivity index (χ4n) is 2.15. The van der Waals surface area contributed by atoms with Crippen LogP contribution in [0.1, 0.15) is 30.6 Å². The van der Waals surface area contributed by atoms with Crippen LogP contribution in [0.4, 0.5) is 0 Å². The van der Waals surface area contributed by atoms with Crippen LogP contribution in [-0.2, 0) is 14.8 Å². The minimum Gasteiger partial charge on any atom is -0.495 e. The van der Waals surface area contributed by atoms with Gasteiger partial charge in [0.2, 0.25) is 10.0 Å². The van der Waals surface area contributed by atoms with Crippen molar-refractivity contribution in [2.45, 2.75) is 31.2 Å². The minimum atomic E-state index is -3.83. The van der Waals surface area contributed by atoms with E-state index < -0.39 is 27.9 Å². The number of methoxy groups -OCH3 is 1. The van der Waals surface area contributed by atoms with Crippen LogP contribution in [0.15, 0.2) is 23.1 Å². The first kappa shape index (κ1) is 20.9. The number of carbonyl (C=O) groups is 2.